The highest BCUT2D eigenvalue weighted by molar-refractivity contribution is 5.77. The molecule has 0 fully saturated rings. The van der Waals surface area contributed by atoms with E-state index in [4.69, 9.17) is 10.00 Å². The van der Waals surface area contributed by atoms with Crippen molar-refractivity contribution in [1.82, 2.24) is 5.32 Å². The molecule has 1 N–H and O–H groups in total. The number of rotatable bonds is 5. The topological polar surface area (TPSA) is 62.1 Å². The second kappa shape index (κ2) is 6.40. The second-order valence-electron chi connectivity index (χ2n) is 3.00. The number of carbonyl (C=O) groups is 1. The maximum atomic E-state index is 12.7. The van der Waals surface area contributed by atoms with Crippen LogP contribution < -0.4 is 10.1 Å². The lowest BCUT2D eigenvalue weighted by atomic mass is 10.3. The van der Waals surface area contributed by atoms with Gasteiger partial charge in [0.25, 0.3) is 5.91 Å². The van der Waals surface area contributed by atoms with Crippen LogP contribution in [0.5, 0.6) is 5.75 Å². The molecule has 0 aliphatic carbocycles. The molecule has 1 aromatic rings. The molecule has 1 amide bonds. The quantitative estimate of drug-likeness (QED) is 0.762. The average molecular weight is 222 g/mol. The van der Waals surface area contributed by atoms with E-state index in [-0.39, 0.29) is 18.9 Å². The summed E-state index contributed by atoms with van der Waals surface area (Å²) in [5.74, 6) is -0.447. The number of halogens is 1. The van der Waals surface area contributed by atoms with Gasteiger partial charge < -0.3 is 10.1 Å². The predicted molar refractivity (Wildman–Crippen MR) is 55.1 cm³/mol. The number of hydrogen-bond acceptors (Lipinski definition) is 3. The number of nitriles is 1. The van der Waals surface area contributed by atoms with Gasteiger partial charge in [-0.15, -0.1) is 0 Å². The normalized spacial score (nSPS) is 9.25. The molecule has 0 heterocycles. The molecule has 4 nitrogen and oxygen atoms in total. The first kappa shape index (κ1) is 12.0. The molecular weight excluding hydrogens is 211 g/mol. The van der Waals surface area contributed by atoms with Gasteiger partial charge in [0.05, 0.1) is 12.5 Å². The van der Waals surface area contributed by atoms with Crippen molar-refractivity contribution in [2.75, 3.05) is 13.2 Å². The molecule has 84 valence electrons. The molecule has 0 aliphatic heterocycles. The van der Waals surface area contributed by atoms with Gasteiger partial charge in [0.1, 0.15) is 11.6 Å². The smallest absolute Gasteiger partial charge is 0.257 e. The minimum Gasteiger partial charge on any atom is -0.484 e. The Morgan fingerprint density at radius 3 is 3.06 bits per heavy atom. The number of amides is 1. The molecule has 0 unspecified atom stereocenters. The van der Waals surface area contributed by atoms with E-state index in [1.165, 1.54) is 18.2 Å². The van der Waals surface area contributed by atoms with Crippen LogP contribution in [0, 0.1) is 17.1 Å². The van der Waals surface area contributed by atoms with Crippen molar-refractivity contribution in [3.8, 4) is 11.8 Å². The van der Waals surface area contributed by atoms with Crippen LogP contribution in [0.1, 0.15) is 6.42 Å². The molecule has 0 saturated heterocycles. The van der Waals surface area contributed by atoms with Crippen LogP contribution in [0.15, 0.2) is 24.3 Å². The fourth-order valence-electron chi connectivity index (χ4n) is 1.01. The summed E-state index contributed by atoms with van der Waals surface area (Å²) in [7, 11) is 0. The molecule has 0 aromatic heterocycles. The molecular formula is C11H11FN2O2. The Labute approximate surface area is 92.6 Å². The largest absolute Gasteiger partial charge is 0.484 e. The highest BCUT2D eigenvalue weighted by atomic mass is 19.1. The fourth-order valence-corrected chi connectivity index (χ4v) is 1.01. The zero-order valence-electron chi connectivity index (χ0n) is 8.57. The van der Waals surface area contributed by atoms with Gasteiger partial charge in [0, 0.05) is 12.6 Å². The van der Waals surface area contributed by atoms with Crippen molar-refractivity contribution in [2.45, 2.75) is 6.42 Å². The molecule has 0 spiro atoms. The number of ether oxygens (including phenoxy) is 1. The van der Waals surface area contributed by atoms with Crippen molar-refractivity contribution in [3.63, 3.8) is 0 Å². The minimum absolute atomic E-state index is 0.186. The van der Waals surface area contributed by atoms with Crippen molar-refractivity contribution in [3.05, 3.63) is 30.1 Å². The molecule has 1 rings (SSSR count). The van der Waals surface area contributed by atoms with Crippen molar-refractivity contribution in [2.24, 2.45) is 0 Å². The van der Waals surface area contributed by atoms with Crippen LogP contribution in [-0.2, 0) is 4.79 Å². The summed E-state index contributed by atoms with van der Waals surface area (Å²) in [5.41, 5.74) is 0. The van der Waals surface area contributed by atoms with Crippen LogP contribution in [0.4, 0.5) is 4.39 Å². The second-order valence-corrected chi connectivity index (χ2v) is 3.00. The van der Waals surface area contributed by atoms with Gasteiger partial charge in [-0.3, -0.25) is 4.79 Å². The highest BCUT2D eigenvalue weighted by Crippen LogP contribution is 2.11. The van der Waals surface area contributed by atoms with Gasteiger partial charge in [-0.05, 0) is 12.1 Å². The molecule has 0 aliphatic rings. The maximum absolute atomic E-state index is 12.7. The monoisotopic (exact) mass is 222 g/mol. The maximum Gasteiger partial charge on any atom is 0.257 e. The lowest BCUT2D eigenvalue weighted by molar-refractivity contribution is -0.123. The van der Waals surface area contributed by atoms with E-state index in [9.17, 15) is 9.18 Å². The van der Waals surface area contributed by atoms with Crippen molar-refractivity contribution >= 4 is 5.91 Å². The van der Waals surface area contributed by atoms with E-state index >= 15 is 0 Å². The standard InChI is InChI=1S/C11H11FN2O2/c12-9-3-1-4-10(7-9)16-8-11(15)14-6-2-5-13/h1,3-4,7H,2,6,8H2,(H,14,15). The van der Waals surface area contributed by atoms with E-state index in [0.717, 1.165) is 0 Å². The van der Waals surface area contributed by atoms with Crippen molar-refractivity contribution < 1.29 is 13.9 Å². The zero-order valence-corrected chi connectivity index (χ0v) is 8.57. The van der Waals surface area contributed by atoms with Crippen LogP contribution in [-0.4, -0.2) is 19.1 Å². The number of nitrogens with one attached hydrogen (secondary N) is 1. The summed E-state index contributed by atoms with van der Waals surface area (Å²) in [4.78, 5) is 11.1. The van der Waals surface area contributed by atoms with Crippen LogP contribution in [0.25, 0.3) is 0 Å². The first-order chi connectivity index (χ1) is 7.72. The average Bonchev–Trinajstić information content (AvgIpc) is 2.27. The van der Waals surface area contributed by atoms with E-state index in [2.05, 4.69) is 5.32 Å². The Morgan fingerprint density at radius 1 is 1.56 bits per heavy atom. The third kappa shape index (κ3) is 4.42. The van der Waals surface area contributed by atoms with E-state index in [1.807, 2.05) is 6.07 Å². The summed E-state index contributed by atoms with van der Waals surface area (Å²) in [6.45, 7) is 0.108. The first-order valence-electron chi connectivity index (χ1n) is 4.74. The van der Waals surface area contributed by atoms with Crippen LogP contribution in [0.2, 0.25) is 0 Å². The van der Waals surface area contributed by atoms with Gasteiger partial charge in [-0.25, -0.2) is 4.39 Å². The first-order valence-corrected chi connectivity index (χ1v) is 4.74. The predicted octanol–water partition coefficient (Wildman–Crippen LogP) is 1.23. The number of nitrogens with zero attached hydrogens (tertiary/aromatic N) is 1. The number of carbonyl (C=O) groups excluding carboxylic acids is 1. The number of hydrogen-bond donors (Lipinski definition) is 1. The molecule has 0 radical (unpaired) electrons. The minimum atomic E-state index is -0.414. The lowest BCUT2D eigenvalue weighted by Gasteiger charge is -2.05. The Hall–Kier alpha value is -2.09. The zero-order chi connectivity index (χ0) is 11.8. The molecule has 1 aromatic carbocycles. The van der Waals surface area contributed by atoms with Gasteiger partial charge >= 0.3 is 0 Å². The summed E-state index contributed by atoms with van der Waals surface area (Å²) in [5, 5.41) is 10.7. The summed E-state index contributed by atoms with van der Waals surface area (Å²) >= 11 is 0. The summed E-state index contributed by atoms with van der Waals surface area (Å²) in [6, 6.07) is 7.45. The summed E-state index contributed by atoms with van der Waals surface area (Å²) in [6.07, 6.45) is 0.256. The van der Waals surface area contributed by atoms with Crippen LogP contribution >= 0.6 is 0 Å². The van der Waals surface area contributed by atoms with Gasteiger partial charge in [-0.2, -0.15) is 5.26 Å². The lowest BCUT2D eigenvalue weighted by Crippen LogP contribution is -2.29. The van der Waals surface area contributed by atoms with E-state index in [0.29, 0.717) is 12.3 Å². The van der Waals surface area contributed by atoms with Gasteiger partial charge in [0.2, 0.25) is 0 Å². The number of benzene rings is 1. The summed E-state index contributed by atoms with van der Waals surface area (Å²) < 4.78 is 17.8. The third-order valence-corrected chi connectivity index (χ3v) is 1.72. The van der Waals surface area contributed by atoms with E-state index < -0.39 is 5.82 Å². The SMILES string of the molecule is N#CCCNC(=O)COc1cccc(F)c1. The highest BCUT2D eigenvalue weighted by Gasteiger charge is 2.02. The molecule has 0 bridgehead atoms. The van der Waals surface area contributed by atoms with Gasteiger partial charge in [-0.1, -0.05) is 6.07 Å². The van der Waals surface area contributed by atoms with Crippen molar-refractivity contribution in [1.29, 1.82) is 5.26 Å². The van der Waals surface area contributed by atoms with Crippen LogP contribution in [0.3, 0.4) is 0 Å². The van der Waals surface area contributed by atoms with E-state index in [1.54, 1.807) is 6.07 Å². The Balaban J connectivity index is 2.29. The Morgan fingerprint density at radius 2 is 2.38 bits per heavy atom. The van der Waals surface area contributed by atoms with Gasteiger partial charge in [0.15, 0.2) is 6.61 Å². The third-order valence-electron chi connectivity index (χ3n) is 1.72. The molecule has 5 heteroatoms. The molecule has 16 heavy (non-hydrogen) atoms. The molecule has 0 saturated carbocycles. The molecule has 0 atom stereocenters. The Bertz CT molecular complexity index is 401. The Kier molecular flexibility index (Phi) is 4.80. The fraction of sp³-hybridized carbons (Fsp3) is 0.273.